The van der Waals surface area contributed by atoms with E-state index in [1.807, 2.05) is 0 Å². The minimum atomic E-state index is -0.125. The minimum absolute atomic E-state index is 0.125. The summed E-state index contributed by atoms with van der Waals surface area (Å²) >= 11 is 7.62. The molecule has 0 spiro atoms. The first-order chi connectivity index (χ1) is 4.74. The molecule has 58 valence electrons. The third-order valence-corrected chi connectivity index (χ3v) is 0.1000. The van der Waals surface area contributed by atoms with Crippen LogP contribution in [0.3, 0.4) is 0 Å². The molecular weight excluding hydrogens is 172 g/mol. The number of hydrogen-bond acceptors (Lipinski definition) is 6. The molecule has 0 bridgehead atoms. The molecule has 0 heterocycles. The first-order valence-electron chi connectivity index (χ1n) is 2.04. The van der Waals surface area contributed by atoms with Crippen molar-refractivity contribution >= 4 is 34.8 Å². The number of thiocarbonyl (C=S) groups is 2. The zero-order valence-corrected chi connectivity index (χ0v) is 6.76. The molecule has 0 radical (unpaired) electrons. The quantitative estimate of drug-likeness (QED) is 0.345. The van der Waals surface area contributed by atoms with Gasteiger partial charge in [0.05, 0.1) is 23.5 Å². The maximum atomic E-state index is 7.62. The zero-order valence-electron chi connectivity index (χ0n) is 5.13. The van der Waals surface area contributed by atoms with E-state index in [2.05, 4.69) is 24.4 Å². The van der Waals surface area contributed by atoms with E-state index in [0.717, 1.165) is 0 Å². The van der Waals surface area contributed by atoms with E-state index >= 15 is 0 Å². The van der Waals surface area contributed by atoms with Crippen LogP contribution in [-0.2, 0) is 0 Å². The number of nitrogens with one attached hydrogen (secondary N) is 2. The minimum Gasteiger partial charge on any atom is -0.394 e. The van der Waals surface area contributed by atoms with E-state index in [-0.39, 0.29) is 13.2 Å². The summed E-state index contributed by atoms with van der Waals surface area (Å²) < 4.78 is 0. The fourth-order valence-electron chi connectivity index (χ4n) is 0. The molecule has 0 saturated heterocycles. The molecule has 0 aliphatic rings. The zero-order chi connectivity index (χ0) is 8.83. The van der Waals surface area contributed by atoms with Crippen molar-refractivity contribution in [2.45, 2.75) is 0 Å². The predicted molar refractivity (Wildman–Crippen MR) is 44.8 cm³/mol. The van der Waals surface area contributed by atoms with Crippen molar-refractivity contribution in [3.63, 3.8) is 0 Å². The lowest BCUT2D eigenvalue weighted by Crippen LogP contribution is -1.85. The van der Waals surface area contributed by atoms with Gasteiger partial charge in [0.1, 0.15) is 0 Å². The Hall–Kier alpha value is -0.480. The van der Waals surface area contributed by atoms with Crippen LogP contribution in [0.25, 0.3) is 0 Å². The Bertz CT molecular complexity index is 91.8. The first kappa shape index (κ1) is 16.3. The Morgan fingerprint density at radius 1 is 1.00 bits per heavy atom. The normalized spacial score (nSPS) is 4.60. The molecule has 10 heavy (non-hydrogen) atoms. The van der Waals surface area contributed by atoms with Gasteiger partial charge in [-0.3, -0.25) is 0 Å². The van der Waals surface area contributed by atoms with E-state index in [9.17, 15) is 0 Å². The van der Waals surface area contributed by atoms with Gasteiger partial charge in [-0.05, 0) is 24.4 Å². The second kappa shape index (κ2) is 38.9. The number of aliphatic hydroxyl groups is 2. The molecule has 0 aromatic carbocycles. The molecule has 0 fully saturated rings. The summed E-state index contributed by atoms with van der Waals surface area (Å²) in [7, 11) is 0. The summed E-state index contributed by atoms with van der Waals surface area (Å²) in [5.74, 6) is 0. The van der Waals surface area contributed by atoms with Crippen LogP contribution in [0.15, 0.2) is 0 Å². The smallest absolute Gasteiger partial charge is 0.0662 e. The number of aliphatic hydroxyl groups excluding tert-OH is 2. The molecule has 4 nitrogen and oxygen atoms in total. The van der Waals surface area contributed by atoms with E-state index < -0.39 is 0 Å². The summed E-state index contributed by atoms with van der Waals surface area (Å²) in [5, 5.41) is 30.0. The second-order valence-corrected chi connectivity index (χ2v) is 1.06. The highest BCUT2D eigenvalue weighted by molar-refractivity contribution is 7.78. The van der Waals surface area contributed by atoms with E-state index in [0.29, 0.717) is 0 Å². The average Bonchev–Trinajstić information content (AvgIpc) is 1.91. The molecule has 0 rings (SSSR count). The SMILES string of the molecule is N=C=S.N=C=S.OCCO. The molecule has 0 aliphatic carbocycles. The summed E-state index contributed by atoms with van der Waals surface area (Å²) in [5.41, 5.74) is 0. The van der Waals surface area contributed by atoms with Gasteiger partial charge in [-0.2, -0.15) is 0 Å². The van der Waals surface area contributed by atoms with Crippen LogP contribution in [0.2, 0.25) is 0 Å². The number of isothiocyanates is 2. The Morgan fingerprint density at radius 3 is 1.10 bits per heavy atom. The molecule has 0 aromatic heterocycles. The van der Waals surface area contributed by atoms with Crippen LogP contribution in [0, 0.1) is 10.8 Å². The predicted octanol–water partition coefficient (Wildman–Crippen LogP) is 0.307. The van der Waals surface area contributed by atoms with Gasteiger partial charge in [0.25, 0.3) is 0 Å². The van der Waals surface area contributed by atoms with Gasteiger partial charge < -0.3 is 10.2 Å². The topological polar surface area (TPSA) is 88.2 Å². The Labute approximate surface area is 69.5 Å². The summed E-state index contributed by atoms with van der Waals surface area (Å²) in [6.07, 6.45) is 0. The average molecular weight is 180 g/mol. The molecular formula is C4H8N2O2S2. The second-order valence-electron chi connectivity index (χ2n) is 0.651. The van der Waals surface area contributed by atoms with Crippen LogP contribution in [0.4, 0.5) is 0 Å². The van der Waals surface area contributed by atoms with Gasteiger partial charge in [0, 0.05) is 0 Å². The third-order valence-electron chi connectivity index (χ3n) is 0.1000. The van der Waals surface area contributed by atoms with Crippen LogP contribution in [0.5, 0.6) is 0 Å². The highest BCUT2D eigenvalue weighted by Gasteiger charge is 1.58. The van der Waals surface area contributed by atoms with Gasteiger partial charge in [0.15, 0.2) is 0 Å². The number of rotatable bonds is 1. The summed E-state index contributed by atoms with van der Waals surface area (Å²) in [6.45, 7) is -0.250. The molecule has 0 unspecified atom stereocenters. The fraction of sp³-hybridized carbons (Fsp3) is 0.500. The lowest BCUT2D eigenvalue weighted by Gasteiger charge is -1.70. The Kier molecular flexibility index (Phi) is 63.2. The lowest BCUT2D eigenvalue weighted by molar-refractivity contribution is 0.186. The van der Waals surface area contributed by atoms with Crippen molar-refractivity contribution in [3.8, 4) is 0 Å². The van der Waals surface area contributed by atoms with Gasteiger partial charge in [-0.15, -0.1) is 0 Å². The van der Waals surface area contributed by atoms with E-state index in [1.54, 1.807) is 10.3 Å². The molecule has 0 amide bonds. The van der Waals surface area contributed by atoms with E-state index in [1.165, 1.54) is 0 Å². The first-order valence-corrected chi connectivity index (χ1v) is 2.86. The van der Waals surface area contributed by atoms with Crippen molar-refractivity contribution < 1.29 is 10.2 Å². The van der Waals surface area contributed by atoms with Crippen LogP contribution >= 0.6 is 24.4 Å². The van der Waals surface area contributed by atoms with Crippen molar-refractivity contribution in [3.05, 3.63) is 0 Å². The van der Waals surface area contributed by atoms with Crippen LogP contribution in [0.1, 0.15) is 0 Å². The summed E-state index contributed by atoms with van der Waals surface area (Å²) in [6, 6.07) is 0. The largest absolute Gasteiger partial charge is 0.394 e. The molecule has 0 aliphatic heterocycles. The highest BCUT2D eigenvalue weighted by Crippen LogP contribution is 1.39. The van der Waals surface area contributed by atoms with Crippen molar-refractivity contribution in [2.75, 3.05) is 13.2 Å². The molecule has 0 atom stereocenters. The fourth-order valence-corrected chi connectivity index (χ4v) is 0. The third kappa shape index (κ3) is 1180. The number of hydrogen-bond donors (Lipinski definition) is 4. The van der Waals surface area contributed by atoms with Crippen molar-refractivity contribution in [1.29, 1.82) is 10.8 Å². The van der Waals surface area contributed by atoms with Gasteiger partial charge in [-0.25, -0.2) is 10.8 Å². The van der Waals surface area contributed by atoms with Crippen LogP contribution in [-0.4, -0.2) is 33.7 Å². The van der Waals surface area contributed by atoms with Gasteiger partial charge in [-0.1, -0.05) is 0 Å². The lowest BCUT2D eigenvalue weighted by atomic mass is 10.8. The van der Waals surface area contributed by atoms with Gasteiger partial charge >= 0.3 is 0 Å². The Morgan fingerprint density at radius 2 is 1.10 bits per heavy atom. The van der Waals surface area contributed by atoms with Crippen LogP contribution < -0.4 is 0 Å². The molecule has 0 aromatic rings. The molecule has 4 N–H and O–H groups in total. The Balaban J connectivity index is -0.0000000750. The monoisotopic (exact) mass is 180 g/mol. The maximum Gasteiger partial charge on any atom is 0.0662 e. The standard InChI is InChI=1S/C2H6O2.2CHNS/c3-1-2-4;2*2-1-3/h3-4H,1-2H2;2*2H. The van der Waals surface area contributed by atoms with Crippen molar-refractivity contribution in [2.24, 2.45) is 0 Å². The maximum absolute atomic E-state index is 7.62. The summed E-state index contributed by atoms with van der Waals surface area (Å²) in [4.78, 5) is 0. The molecule has 6 heteroatoms. The highest BCUT2D eigenvalue weighted by atomic mass is 32.1. The van der Waals surface area contributed by atoms with E-state index in [4.69, 9.17) is 21.0 Å². The molecule has 0 saturated carbocycles. The van der Waals surface area contributed by atoms with Crippen molar-refractivity contribution in [1.82, 2.24) is 0 Å². The van der Waals surface area contributed by atoms with Gasteiger partial charge in [0.2, 0.25) is 0 Å².